The third kappa shape index (κ3) is 29.1. The van der Waals surface area contributed by atoms with E-state index in [1.165, 1.54) is 24.3 Å². The molecule has 0 bridgehead atoms. The molecule has 0 aliphatic heterocycles. The molecule has 0 radical (unpaired) electrons. The number of unbranched alkanes of at least 4 members (excludes halogenated alkanes) is 18. The maximum absolute atomic E-state index is 11.7. The van der Waals surface area contributed by atoms with Crippen LogP contribution in [0, 0.1) is 0 Å². The first-order valence-electron chi connectivity index (χ1n) is 23.9. The topological polar surface area (TPSA) is 170 Å². The molecule has 63 heavy (non-hydrogen) atoms. The predicted molar refractivity (Wildman–Crippen MR) is 252 cm³/mol. The summed E-state index contributed by atoms with van der Waals surface area (Å²) < 4.78 is 106. The van der Waals surface area contributed by atoms with Crippen LogP contribution in [0.5, 0.6) is 34.5 Å². The number of hydrogen-bond donors (Lipinski definition) is 0. The molecule has 2 aromatic rings. The van der Waals surface area contributed by atoms with E-state index in [4.69, 9.17) is 28.4 Å². The zero-order valence-corrected chi connectivity index (χ0v) is 46.0. The first kappa shape index (κ1) is 61.6. The van der Waals surface area contributed by atoms with Gasteiger partial charge < -0.3 is 37.5 Å². The molecular formula is C48H82BaO12S2. The van der Waals surface area contributed by atoms with Gasteiger partial charge in [0.05, 0.1) is 49.4 Å². The largest absolute Gasteiger partial charge is 2.00 e. The van der Waals surface area contributed by atoms with Crippen molar-refractivity contribution < 1.29 is 54.4 Å². The van der Waals surface area contributed by atoms with Crippen LogP contribution in [0.25, 0.3) is 0 Å². The smallest absolute Gasteiger partial charge is 0.744 e. The molecule has 0 heterocycles. The molecule has 0 amide bonds. The summed E-state index contributed by atoms with van der Waals surface area (Å²) in [6.07, 6.45) is 24.9. The van der Waals surface area contributed by atoms with Crippen LogP contribution < -0.4 is 28.4 Å². The summed E-state index contributed by atoms with van der Waals surface area (Å²) in [5.74, 6) is 1.88. The van der Waals surface area contributed by atoms with Crippen LogP contribution in [0.3, 0.4) is 0 Å². The number of ether oxygens (including phenoxy) is 6. The van der Waals surface area contributed by atoms with Crippen molar-refractivity contribution >= 4 is 69.1 Å². The van der Waals surface area contributed by atoms with Crippen LogP contribution in [0.15, 0.2) is 34.1 Å². The summed E-state index contributed by atoms with van der Waals surface area (Å²) in [5, 5.41) is 0. The maximum Gasteiger partial charge on any atom is 2.00 e. The van der Waals surface area contributed by atoms with Gasteiger partial charge in [-0.3, -0.25) is 0 Å². The van der Waals surface area contributed by atoms with E-state index in [2.05, 4.69) is 41.5 Å². The Hall–Kier alpha value is -1.37. The van der Waals surface area contributed by atoms with E-state index in [0.717, 1.165) is 154 Å². The molecule has 0 atom stereocenters. The monoisotopic (exact) mass is 1050 g/mol. The molecule has 360 valence electrons. The molecule has 12 nitrogen and oxygen atoms in total. The minimum atomic E-state index is -4.64. The molecule has 0 N–H and O–H groups in total. The van der Waals surface area contributed by atoms with E-state index >= 15 is 0 Å². The standard InChI is InChI=1S/2C24H42O6S.Ba/c2*1-4-7-10-13-16-28-22-19-21(31(25,26)27)20-23(29-17-14-11-8-5-2)24(22)30-18-15-12-9-6-3;/h2*19-20H,4-18H2,1-3H3,(H,25,26,27);/q;;+2/p-2. The quantitative estimate of drug-likeness (QED) is 0.0355. The Balaban J connectivity index is 0.00000120. The minimum absolute atomic E-state index is 0. The fraction of sp³-hybridized carbons (Fsp3) is 0.750. The van der Waals surface area contributed by atoms with E-state index in [-0.39, 0.29) is 81.7 Å². The third-order valence-electron chi connectivity index (χ3n) is 10.1. The van der Waals surface area contributed by atoms with Gasteiger partial charge in [0.25, 0.3) is 0 Å². The van der Waals surface area contributed by atoms with Crippen molar-refractivity contribution in [3.05, 3.63) is 24.3 Å². The molecule has 0 saturated heterocycles. The molecule has 0 aromatic heterocycles. The first-order chi connectivity index (χ1) is 29.9. The van der Waals surface area contributed by atoms with Crippen LogP contribution >= 0.6 is 0 Å². The Kier molecular flexibility index (Phi) is 37.9. The molecule has 0 aliphatic carbocycles. The van der Waals surface area contributed by atoms with E-state index in [9.17, 15) is 25.9 Å². The molecule has 0 spiro atoms. The fourth-order valence-corrected chi connectivity index (χ4v) is 7.36. The Morgan fingerprint density at radius 2 is 0.524 bits per heavy atom. The Morgan fingerprint density at radius 1 is 0.333 bits per heavy atom. The van der Waals surface area contributed by atoms with Gasteiger partial charge in [0.1, 0.15) is 20.2 Å². The summed E-state index contributed by atoms with van der Waals surface area (Å²) >= 11 is 0. The van der Waals surface area contributed by atoms with Crippen LogP contribution in [0.1, 0.15) is 196 Å². The fourth-order valence-electron chi connectivity index (χ4n) is 6.36. The number of benzene rings is 2. The van der Waals surface area contributed by atoms with E-state index in [1.807, 2.05) is 0 Å². The molecule has 0 aliphatic rings. The van der Waals surface area contributed by atoms with Gasteiger partial charge in [-0.2, -0.15) is 0 Å². The molecule has 2 aromatic carbocycles. The van der Waals surface area contributed by atoms with Gasteiger partial charge in [0, 0.05) is 24.3 Å². The van der Waals surface area contributed by atoms with Gasteiger partial charge in [-0.15, -0.1) is 0 Å². The van der Waals surface area contributed by atoms with Gasteiger partial charge in [-0.1, -0.05) is 157 Å². The zero-order valence-electron chi connectivity index (χ0n) is 39.9. The minimum Gasteiger partial charge on any atom is -0.744 e. The van der Waals surface area contributed by atoms with Gasteiger partial charge in [0.15, 0.2) is 23.0 Å². The Labute approximate surface area is 423 Å². The van der Waals surface area contributed by atoms with Crippen molar-refractivity contribution in [3.63, 3.8) is 0 Å². The normalized spacial score (nSPS) is 11.3. The summed E-state index contributed by atoms with van der Waals surface area (Å²) in [7, 11) is -9.28. The molecule has 2 rings (SSSR count). The second kappa shape index (κ2) is 38.7. The summed E-state index contributed by atoms with van der Waals surface area (Å²) in [5.41, 5.74) is 0. The molecule has 0 fully saturated rings. The molecular weight excluding hydrogens is 970 g/mol. The third-order valence-corrected chi connectivity index (χ3v) is 11.7. The van der Waals surface area contributed by atoms with Crippen molar-refractivity contribution in [1.29, 1.82) is 0 Å². The van der Waals surface area contributed by atoms with Gasteiger partial charge in [0.2, 0.25) is 11.5 Å². The SMILES string of the molecule is CCCCCCOc1cc(S(=O)(=O)[O-])cc(OCCCCCC)c1OCCCCCC.CCCCCCOc1cc(S(=O)(=O)[O-])cc(OCCCCCC)c1OCCCCCC.[Ba+2]. The second-order valence-electron chi connectivity index (χ2n) is 15.9. The molecule has 15 heteroatoms. The first-order valence-corrected chi connectivity index (χ1v) is 26.7. The second-order valence-corrected chi connectivity index (χ2v) is 18.6. The van der Waals surface area contributed by atoms with E-state index in [0.29, 0.717) is 51.1 Å². The summed E-state index contributed by atoms with van der Waals surface area (Å²) in [4.78, 5) is -0.698. The van der Waals surface area contributed by atoms with E-state index < -0.39 is 20.2 Å². The van der Waals surface area contributed by atoms with Crippen molar-refractivity contribution in [3.8, 4) is 34.5 Å². The molecule has 0 saturated carbocycles. The van der Waals surface area contributed by atoms with Crippen LogP contribution in [-0.2, 0) is 20.2 Å². The number of hydrogen-bond acceptors (Lipinski definition) is 12. The van der Waals surface area contributed by atoms with Gasteiger partial charge in [-0.25, -0.2) is 16.8 Å². The van der Waals surface area contributed by atoms with Crippen LogP contribution in [0.4, 0.5) is 0 Å². The average Bonchev–Trinajstić information content (AvgIpc) is 3.23. The zero-order chi connectivity index (χ0) is 45.9. The van der Waals surface area contributed by atoms with Crippen molar-refractivity contribution in [2.75, 3.05) is 39.6 Å². The van der Waals surface area contributed by atoms with Crippen LogP contribution in [0.2, 0.25) is 0 Å². The molecule has 0 unspecified atom stereocenters. The van der Waals surface area contributed by atoms with Crippen molar-refractivity contribution in [2.24, 2.45) is 0 Å². The Morgan fingerprint density at radius 3 is 0.698 bits per heavy atom. The summed E-state index contributed by atoms with van der Waals surface area (Å²) in [6.45, 7) is 15.6. The average molecular weight is 1050 g/mol. The van der Waals surface area contributed by atoms with Crippen LogP contribution in [-0.4, -0.2) is 114 Å². The van der Waals surface area contributed by atoms with Crippen molar-refractivity contribution in [1.82, 2.24) is 0 Å². The van der Waals surface area contributed by atoms with Crippen molar-refractivity contribution in [2.45, 2.75) is 205 Å². The predicted octanol–water partition coefficient (Wildman–Crippen LogP) is 12.6. The summed E-state index contributed by atoms with van der Waals surface area (Å²) in [6, 6.07) is 5.09. The Bertz CT molecular complexity index is 1460. The maximum atomic E-state index is 11.7. The van der Waals surface area contributed by atoms with E-state index in [1.54, 1.807) is 0 Å². The van der Waals surface area contributed by atoms with Gasteiger partial charge in [-0.05, 0) is 38.5 Å². The number of rotatable bonds is 38. The van der Waals surface area contributed by atoms with Gasteiger partial charge >= 0.3 is 48.9 Å².